The van der Waals surface area contributed by atoms with Gasteiger partial charge in [-0.3, -0.25) is 0 Å². The molecule has 2 aromatic carbocycles. The quantitative estimate of drug-likeness (QED) is 0.235. The summed E-state index contributed by atoms with van der Waals surface area (Å²) in [5.41, 5.74) is 7.59. The van der Waals surface area contributed by atoms with Crippen molar-refractivity contribution in [3.63, 3.8) is 0 Å². The highest BCUT2D eigenvalue weighted by Gasteiger charge is 2.17. The van der Waals surface area contributed by atoms with Crippen molar-refractivity contribution >= 4 is 22.7 Å². The lowest BCUT2D eigenvalue weighted by atomic mass is 10.1. The van der Waals surface area contributed by atoms with Gasteiger partial charge in [0.25, 0.3) is 0 Å². The van der Waals surface area contributed by atoms with Crippen LogP contribution in [0.25, 0.3) is 33.8 Å². The van der Waals surface area contributed by atoms with E-state index in [9.17, 15) is 4.39 Å². The van der Waals surface area contributed by atoms with Crippen LogP contribution in [-0.4, -0.2) is 66.7 Å². The zero-order valence-corrected chi connectivity index (χ0v) is 24.6. The summed E-state index contributed by atoms with van der Waals surface area (Å²) >= 11 is 0. The first-order valence-electron chi connectivity index (χ1n) is 14.2. The van der Waals surface area contributed by atoms with Gasteiger partial charge in [-0.2, -0.15) is 0 Å². The molecule has 11 heteroatoms. The van der Waals surface area contributed by atoms with Crippen molar-refractivity contribution in [3.8, 4) is 45.5 Å². The molecule has 0 spiro atoms. The minimum absolute atomic E-state index is 0.258. The van der Waals surface area contributed by atoms with Crippen LogP contribution in [0.4, 0.5) is 15.8 Å². The first kappa shape index (κ1) is 27.4. The van der Waals surface area contributed by atoms with Crippen LogP contribution >= 0.6 is 0 Å². The number of imidazole rings is 2. The molecule has 44 heavy (non-hydrogen) atoms. The van der Waals surface area contributed by atoms with Crippen molar-refractivity contribution in [2.75, 3.05) is 57.7 Å². The zero-order valence-electron chi connectivity index (χ0n) is 24.6. The second-order valence-corrected chi connectivity index (χ2v) is 10.7. The molecule has 224 valence electrons. The maximum atomic E-state index is 12.5. The number of pyridine rings is 2. The molecule has 0 fully saturated rings. The molecule has 0 saturated carbocycles. The van der Waals surface area contributed by atoms with Gasteiger partial charge in [0.2, 0.25) is 13.6 Å². The van der Waals surface area contributed by atoms with E-state index in [1.54, 1.807) is 0 Å². The van der Waals surface area contributed by atoms with E-state index in [1.165, 1.54) is 0 Å². The van der Waals surface area contributed by atoms with Crippen molar-refractivity contribution in [1.29, 1.82) is 0 Å². The van der Waals surface area contributed by atoms with Crippen molar-refractivity contribution in [1.82, 2.24) is 18.8 Å². The van der Waals surface area contributed by atoms with E-state index in [1.807, 2.05) is 108 Å². The molecule has 0 bridgehead atoms. The summed E-state index contributed by atoms with van der Waals surface area (Å²) in [7, 11) is 5.91. The number of nitrogens with zero attached hydrogens (tertiary/aromatic N) is 6. The molecule has 0 N–H and O–H groups in total. The van der Waals surface area contributed by atoms with Crippen LogP contribution in [0.15, 0.2) is 85.5 Å². The molecule has 6 heterocycles. The standard InChI is InChI=1S/C17H16FN3O2.C16H15N3O2/c1-20(7-5-18)13-4-6-21-10-14(19-17(21)9-13)12-2-3-15-16(8-12)23-11-22-15;1-18(2)12-5-6-19-9-13(17-16(19)8-12)11-3-4-14-15(7-11)21-10-20-14/h2-4,6,8-10H,5,7,11H2,1H3;3-9H,10H2,1-2H3. The molecule has 2 aliphatic heterocycles. The molecule has 2 aliphatic rings. The van der Waals surface area contributed by atoms with Crippen LogP contribution in [-0.2, 0) is 0 Å². The summed E-state index contributed by atoms with van der Waals surface area (Å²) in [6.07, 6.45) is 7.94. The number of hydrogen-bond donors (Lipinski definition) is 0. The molecular weight excluding hydrogens is 563 g/mol. The van der Waals surface area contributed by atoms with Crippen LogP contribution < -0.4 is 28.7 Å². The van der Waals surface area contributed by atoms with Crippen molar-refractivity contribution < 1.29 is 23.3 Å². The number of ether oxygens (including phenoxy) is 4. The van der Waals surface area contributed by atoms with Crippen molar-refractivity contribution in [2.24, 2.45) is 0 Å². The topological polar surface area (TPSA) is 78.0 Å². The SMILES string of the molecule is CN(C)c1ccn2cc(-c3ccc4c(c3)OCO4)nc2c1.CN(CCF)c1ccn2cc(-c3ccc4c(c3)OCO4)nc2c1. The van der Waals surface area contributed by atoms with E-state index in [0.29, 0.717) is 6.54 Å². The minimum Gasteiger partial charge on any atom is -0.454 e. The number of hydrogen-bond acceptors (Lipinski definition) is 8. The lowest BCUT2D eigenvalue weighted by molar-refractivity contribution is 0.173. The number of aromatic nitrogens is 4. The van der Waals surface area contributed by atoms with Gasteiger partial charge in [-0.25, -0.2) is 14.4 Å². The molecule has 10 nitrogen and oxygen atoms in total. The van der Waals surface area contributed by atoms with Gasteiger partial charge in [0.15, 0.2) is 23.0 Å². The fourth-order valence-electron chi connectivity index (χ4n) is 5.10. The van der Waals surface area contributed by atoms with Gasteiger partial charge >= 0.3 is 0 Å². The molecule has 0 aliphatic carbocycles. The van der Waals surface area contributed by atoms with Crippen LogP contribution in [0.1, 0.15) is 0 Å². The molecule has 6 aromatic rings. The number of fused-ring (bicyclic) bond motifs is 4. The smallest absolute Gasteiger partial charge is 0.231 e. The Hall–Kier alpha value is -5.45. The third-order valence-corrected chi connectivity index (χ3v) is 7.60. The number of rotatable bonds is 6. The molecule has 4 aromatic heterocycles. The van der Waals surface area contributed by atoms with E-state index in [0.717, 1.165) is 68.2 Å². The van der Waals surface area contributed by atoms with E-state index in [-0.39, 0.29) is 20.3 Å². The Morgan fingerprint density at radius 1 is 0.659 bits per heavy atom. The first-order valence-corrected chi connectivity index (χ1v) is 14.2. The summed E-state index contributed by atoms with van der Waals surface area (Å²) in [5.74, 6) is 3.06. The minimum atomic E-state index is -0.376. The molecule has 0 radical (unpaired) electrons. The molecule has 0 unspecified atom stereocenters. The van der Waals surface area contributed by atoms with Crippen molar-refractivity contribution in [2.45, 2.75) is 0 Å². The molecular formula is C33H31FN6O4. The largest absolute Gasteiger partial charge is 0.454 e. The lowest BCUT2D eigenvalue weighted by Gasteiger charge is -2.17. The fourth-order valence-corrected chi connectivity index (χ4v) is 5.10. The number of anilines is 2. The first-order chi connectivity index (χ1) is 21.4. The van der Waals surface area contributed by atoms with Crippen LogP contribution in [0.2, 0.25) is 0 Å². The van der Waals surface area contributed by atoms with E-state index in [4.69, 9.17) is 23.9 Å². The van der Waals surface area contributed by atoms with Gasteiger partial charge in [-0.05, 0) is 48.5 Å². The molecule has 0 saturated heterocycles. The Kier molecular flexibility index (Phi) is 7.05. The number of alkyl halides is 1. The highest BCUT2D eigenvalue weighted by molar-refractivity contribution is 5.69. The Balaban J connectivity index is 0.000000143. The summed E-state index contributed by atoms with van der Waals surface area (Å²) in [6, 6.07) is 19.7. The van der Waals surface area contributed by atoms with Crippen molar-refractivity contribution in [3.05, 3.63) is 85.5 Å². The van der Waals surface area contributed by atoms with Gasteiger partial charge in [0.05, 0.1) is 11.4 Å². The van der Waals surface area contributed by atoms with Crippen LogP contribution in [0.3, 0.4) is 0 Å². The van der Waals surface area contributed by atoms with E-state index in [2.05, 4.69) is 22.0 Å². The summed E-state index contributed by atoms with van der Waals surface area (Å²) in [4.78, 5) is 13.3. The normalized spacial score (nSPS) is 12.8. The predicted molar refractivity (Wildman–Crippen MR) is 167 cm³/mol. The zero-order chi connectivity index (χ0) is 30.2. The van der Waals surface area contributed by atoms with Gasteiger partial charge in [0, 0.05) is 87.1 Å². The third kappa shape index (κ3) is 5.28. The van der Waals surface area contributed by atoms with E-state index < -0.39 is 0 Å². The third-order valence-electron chi connectivity index (χ3n) is 7.60. The summed E-state index contributed by atoms with van der Waals surface area (Å²) in [5, 5.41) is 0. The second kappa shape index (κ2) is 11.3. The van der Waals surface area contributed by atoms with Gasteiger partial charge in [-0.1, -0.05) is 0 Å². The molecule has 0 amide bonds. The Bertz CT molecular complexity index is 1970. The molecule has 8 rings (SSSR count). The summed E-state index contributed by atoms with van der Waals surface area (Å²) in [6.45, 7) is 0.537. The highest BCUT2D eigenvalue weighted by Crippen LogP contribution is 2.37. The van der Waals surface area contributed by atoms with E-state index >= 15 is 0 Å². The van der Waals surface area contributed by atoms with Gasteiger partial charge < -0.3 is 37.5 Å². The Labute approximate surface area is 253 Å². The van der Waals surface area contributed by atoms with Gasteiger partial charge in [0.1, 0.15) is 18.0 Å². The summed E-state index contributed by atoms with van der Waals surface area (Å²) < 4.78 is 38.0. The maximum Gasteiger partial charge on any atom is 0.231 e. The number of benzene rings is 2. The molecule has 0 atom stereocenters. The average molecular weight is 595 g/mol. The van der Waals surface area contributed by atoms with Crippen LogP contribution in [0.5, 0.6) is 23.0 Å². The highest BCUT2D eigenvalue weighted by atomic mass is 19.1. The van der Waals surface area contributed by atoms with Crippen LogP contribution in [0, 0.1) is 0 Å². The Morgan fingerprint density at radius 2 is 1.16 bits per heavy atom. The average Bonchev–Trinajstić information content (AvgIpc) is 3.85. The Morgan fingerprint density at radius 3 is 1.68 bits per heavy atom. The monoisotopic (exact) mass is 594 g/mol. The van der Waals surface area contributed by atoms with Gasteiger partial charge in [-0.15, -0.1) is 0 Å². The maximum absolute atomic E-state index is 12.5. The fraction of sp³-hybridized carbons (Fsp3) is 0.212. The number of halogens is 1. The second-order valence-electron chi connectivity index (χ2n) is 10.7. The lowest BCUT2D eigenvalue weighted by Crippen LogP contribution is -2.19. The predicted octanol–water partition coefficient (Wildman–Crippen LogP) is 5.93.